The molecule has 200 valence electrons. The number of anilines is 1. The van der Waals surface area contributed by atoms with Crippen molar-refractivity contribution in [2.24, 2.45) is 0 Å². The normalized spacial score (nSPS) is 9.39. The molecule has 0 aliphatic heterocycles. The third-order valence-corrected chi connectivity index (χ3v) is 5.15. The van der Waals surface area contributed by atoms with E-state index in [0.29, 0.717) is 0 Å². The van der Waals surface area contributed by atoms with Gasteiger partial charge in [0.05, 0.1) is 11.1 Å². The minimum Gasteiger partial charge on any atom is -0.872 e. The van der Waals surface area contributed by atoms with Crippen LogP contribution in [-0.2, 0) is 0 Å². The highest BCUT2D eigenvalue weighted by Crippen LogP contribution is 2.11. The molecule has 0 aliphatic carbocycles. The second-order valence-electron chi connectivity index (χ2n) is 8.47. The number of carbonyl (C=O) groups is 2. The topological polar surface area (TPSA) is 172 Å². The molecule has 0 atom stereocenters. The Morgan fingerprint density at radius 1 is 0.684 bits per heavy atom. The highest BCUT2D eigenvalue weighted by Gasteiger charge is 1.99. The van der Waals surface area contributed by atoms with Gasteiger partial charge in [0.15, 0.2) is 0 Å². The Labute approximate surface area is 222 Å². The van der Waals surface area contributed by atoms with Crippen LogP contribution in [0.4, 0.5) is 11.4 Å². The zero-order chi connectivity index (χ0) is 28.8. The molecule has 38 heavy (non-hydrogen) atoms. The van der Waals surface area contributed by atoms with Crippen LogP contribution >= 0.6 is 0 Å². The van der Waals surface area contributed by atoms with E-state index in [9.17, 15) is 14.7 Å². The predicted octanol–water partition coefficient (Wildman–Crippen LogP) is 4.61. The monoisotopic (exact) mass is 518 g/mol. The molecule has 0 unspecified atom stereocenters. The number of carboxylic acid groups (broad SMARTS) is 2. The maximum absolute atomic E-state index is 10.5. The second-order valence-corrected chi connectivity index (χ2v) is 8.47. The van der Waals surface area contributed by atoms with Gasteiger partial charge in [0.2, 0.25) is 0 Å². The third kappa shape index (κ3) is 11.7. The Bertz CT molecular complexity index is 1230. The van der Waals surface area contributed by atoms with Crippen LogP contribution in [0.15, 0.2) is 84.9 Å². The van der Waals surface area contributed by atoms with Crippen LogP contribution < -0.4 is 16.6 Å². The summed E-state index contributed by atoms with van der Waals surface area (Å²) in [5.74, 6) is -2.10. The van der Waals surface area contributed by atoms with E-state index < -0.39 is 11.9 Å². The van der Waals surface area contributed by atoms with Gasteiger partial charge < -0.3 is 31.9 Å². The first-order chi connectivity index (χ1) is 17.8. The minimum atomic E-state index is -1.01. The lowest BCUT2D eigenvalue weighted by Gasteiger charge is -2.02. The summed E-state index contributed by atoms with van der Waals surface area (Å²) >= 11 is 0. The van der Waals surface area contributed by atoms with Crippen molar-refractivity contribution in [2.45, 2.75) is 27.7 Å². The van der Waals surface area contributed by atoms with Gasteiger partial charge in [-0.05, 0) is 86.8 Å². The van der Waals surface area contributed by atoms with E-state index in [2.05, 4.69) is 43.8 Å². The number of nitrogens with two attached hydrogens (primary N) is 1. The van der Waals surface area contributed by atoms with Crippen LogP contribution in [0, 0.1) is 27.7 Å². The van der Waals surface area contributed by atoms with Crippen LogP contribution in [0.2, 0.25) is 0 Å². The van der Waals surface area contributed by atoms with Crippen molar-refractivity contribution < 1.29 is 35.7 Å². The first-order valence-corrected chi connectivity index (χ1v) is 11.5. The molecule has 4 rings (SSSR count). The second kappa shape index (κ2) is 15.3. The Balaban J connectivity index is 0.000000254. The molecule has 0 spiro atoms. The molecule has 0 amide bonds. The Kier molecular flexibility index (Phi) is 12.6. The highest BCUT2D eigenvalue weighted by molar-refractivity contribution is 5.88. The summed E-state index contributed by atoms with van der Waals surface area (Å²) in [6.07, 6.45) is 0. The molecule has 0 aromatic heterocycles. The van der Waals surface area contributed by atoms with Gasteiger partial charge in [-0.15, -0.1) is 5.75 Å². The molecule has 0 aliphatic rings. The number of aromatic hydroxyl groups is 1. The lowest BCUT2D eigenvalue weighted by atomic mass is 10.1. The van der Waals surface area contributed by atoms with E-state index in [1.54, 1.807) is 0 Å². The molecular weight excluding hydrogens is 484 g/mol. The minimum absolute atomic E-state index is 0.0741. The van der Waals surface area contributed by atoms with E-state index in [-0.39, 0.29) is 22.6 Å². The summed E-state index contributed by atoms with van der Waals surface area (Å²) in [5, 5.41) is 36.0. The summed E-state index contributed by atoms with van der Waals surface area (Å²) in [6.45, 7) is 8.19. The fraction of sp³-hybridized carbons (Fsp3) is 0.133. The van der Waals surface area contributed by atoms with Crippen molar-refractivity contribution in [2.75, 3.05) is 5.73 Å². The predicted molar refractivity (Wildman–Crippen MR) is 147 cm³/mol. The molecule has 4 aromatic rings. The number of carboxylic acids is 2. The zero-order valence-electron chi connectivity index (χ0n) is 21.9. The van der Waals surface area contributed by atoms with Gasteiger partial charge in [0, 0.05) is 17.3 Å². The fourth-order valence-corrected chi connectivity index (χ4v) is 2.76. The highest BCUT2D eigenvalue weighted by atomic mass is 16.4. The van der Waals surface area contributed by atoms with Gasteiger partial charge in [-0.2, -0.15) is 0 Å². The standard InChI is InChI=1S/2C8H11N.2C7H6O3/c2*1-6-3-4-7(2)8(9)5-6;2*8-6-3-1-5(2-4-6)7(9)10/h2*3-5H,9H2,1-2H3;2*1-4,8H,(H,9,10). The molecule has 8 nitrogen and oxygen atoms in total. The van der Waals surface area contributed by atoms with Crippen molar-refractivity contribution in [3.8, 4) is 11.5 Å². The van der Waals surface area contributed by atoms with Crippen LogP contribution in [0.5, 0.6) is 11.5 Å². The number of phenolic OH excluding ortho intramolecular Hbond substituents is 1. The summed E-state index contributed by atoms with van der Waals surface area (Å²) in [7, 11) is 0. The number of hydrogen-bond donors (Lipinski definition) is 5. The van der Waals surface area contributed by atoms with Crippen LogP contribution in [-0.4, -0.2) is 27.3 Å². The van der Waals surface area contributed by atoms with Crippen molar-refractivity contribution in [1.82, 2.24) is 0 Å². The van der Waals surface area contributed by atoms with E-state index in [1.165, 1.54) is 65.2 Å². The first-order valence-electron chi connectivity index (χ1n) is 11.5. The number of aryl methyl sites for hydroxylation is 4. The number of hydrogen-bond acceptors (Lipinski definition) is 5. The smallest absolute Gasteiger partial charge is 0.335 e. The average molecular weight is 519 g/mol. The summed E-state index contributed by atoms with van der Waals surface area (Å²) in [4.78, 5) is 20.4. The van der Waals surface area contributed by atoms with E-state index in [1.807, 2.05) is 26.0 Å². The Morgan fingerprint density at radius 3 is 1.47 bits per heavy atom. The molecule has 0 saturated heterocycles. The van der Waals surface area contributed by atoms with Gasteiger partial charge >= 0.3 is 11.9 Å². The van der Waals surface area contributed by atoms with Crippen LogP contribution in [0.25, 0.3) is 0 Å². The number of benzene rings is 4. The van der Waals surface area contributed by atoms with E-state index >= 15 is 0 Å². The maximum Gasteiger partial charge on any atom is 0.335 e. The van der Waals surface area contributed by atoms with Gasteiger partial charge in [0.25, 0.3) is 0 Å². The first kappa shape index (κ1) is 31.2. The number of rotatable bonds is 2. The molecule has 0 saturated carbocycles. The number of nitrogen functional groups attached to an aromatic ring is 1. The Hall–Kier alpha value is -4.82. The van der Waals surface area contributed by atoms with Crippen molar-refractivity contribution in [1.29, 1.82) is 0 Å². The van der Waals surface area contributed by atoms with Gasteiger partial charge in [-0.3, -0.25) is 0 Å². The van der Waals surface area contributed by atoms with Gasteiger partial charge in [-0.25, -0.2) is 9.59 Å². The van der Waals surface area contributed by atoms with Crippen LogP contribution in [0.3, 0.4) is 0 Å². The lowest BCUT2D eigenvalue weighted by Crippen LogP contribution is -2.41. The molecule has 8 N–H and O–H groups in total. The SMILES string of the molecule is Cc1ccc(C)c(N)c1.Cc1ccc(C)c([NH3+])c1.O=C(O)c1ccc(O)cc1.O=C(O)c1ccc([O-])cc1. The fourth-order valence-electron chi connectivity index (χ4n) is 2.76. The number of aromatic carboxylic acids is 2. The summed E-state index contributed by atoms with van der Waals surface area (Å²) in [6, 6.07) is 22.7. The molecular formula is C30H34N2O6. The molecule has 8 heteroatoms. The largest absolute Gasteiger partial charge is 0.872 e. The quantitative estimate of drug-likeness (QED) is 0.241. The Morgan fingerprint density at radius 2 is 1.11 bits per heavy atom. The summed E-state index contributed by atoms with van der Waals surface area (Å²) < 4.78 is 0. The molecule has 0 fully saturated rings. The molecule has 4 aromatic carbocycles. The van der Waals surface area contributed by atoms with Crippen LogP contribution in [0.1, 0.15) is 43.0 Å². The van der Waals surface area contributed by atoms with Crippen molar-refractivity contribution >= 4 is 23.3 Å². The maximum atomic E-state index is 10.5. The van der Waals surface area contributed by atoms with E-state index in [0.717, 1.165) is 16.9 Å². The van der Waals surface area contributed by atoms with Crippen molar-refractivity contribution in [3.05, 3.63) is 118 Å². The average Bonchev–Trinajstić information content (AvgIpc) is 2.86. The number of quaternary nitrogens is 1. The van der Waals surface area contributed by atoms with Crippen molar-refractivity contribution in [3.63, 3.8) is 0 Å². The zero-order valence-corrected chi connectivity index (χ0v) is 21.9. The van der Waals surface area contributed by atoms with Gasteiger partial charge in [0.1, 0.15) is 11.4 Å². The lowest BCUT2D eigenvalue weighted by molar-refractivity contribution is -0.268. The molecule has 0 heterocycles. The molecule has 0 bridgehead atoms. The summed E-state index contributed by atoms with van der Waals surface area (Å²) in [5.41, 5.74) is 16.8. The molecule has 0 radical (unpaired) electrons. The number of phenols is 1. The van der Waals surface area contributed by atoms with E-state index in [4.69, 9.17) is 21.1 Å². The third-order valence-electron chi connectivity index (χ3n) is 5.15. The van der Waals surface area contributed by atoms with Gasteiger partial charge in [-0.1, -0.05) is 36.4 Å².